The summed E-state index contributed by atoms with van der Waals surface area (Å²) in [6, 6.07) is 2.96. The highest BCUT2D eigenvalue weighted by molar-refractivity contribution is 9.10. The molecule has 0 aliphatic carbocycles. The zero-order chi connectivity index (χ0) is 10.0. The molecule has 70 valence electrons. The van der Waals surface area contributed by atoms with E-state index in [4.69, 9.17) is 15.9 Å². The second-order valence-corrected chi connectivity index (χ2v) is 3.40. The highest BCUT2D eigenvalue weighted by Gasteiger charge is 2.12. The van der Waals surface area contributed by atoms with Crippen LogP contribution in [0.4, 0.5) is 5.69 Å². The second kappa shape index (κ2) is 3.76. The largest absolute Gasteiger partial charge is 0.478 e. The lowest BCUT2D eigenvalue weighted by Gasteiger charge is -2.07. The zero-order valence-corrected chi connectivity index (χ0v) is 8.21. The molecule has 1 aromatic carbocycles. The van der Waals surface area contributed by atoms with Crippen LogP contribution in [0.1, 0.15) is 15.9 Å². The molecule has 1 rings (SSSR count). The minimum Gasteiger partial charge on any atom is -0.478 e. The van der Waals surface area contributed by atoms with Gasteiger partial charge in [-0.1, -0.05) is 15.9 Å². The van der Waals surface area contributed by atoms with Crippen LogP contribution in [0, 0.1) is 0 Å². The summed E-state index contributed by atoms with van der Waals surface area (Å²) in [4.78, 5) is 10.7. The Morgan fingerprint density at radius 2 is 2.15 bits per heavy atom. The number of hydrogen-bond acceptors (Lipinski definition) is 3. The molecule has 0 bridgehead atoms. The number of nitrogen functional groups attached to an aromatic ring is 1. The fourth-order valence-corrected chi connectivity index (χ4v) is 1.50. The average molecular weight is 246 g/mol. The topological polar surface area (TPSA) is 83.6 Å². The van der Waals surface area contributed by atoms with Gasteiger partial charge in [0.05, 0.1) is 12.2 Å². The average Bonchev–Trinajstić information content (AvgIpc) is 2.02. The number of halogens is 1. The summed E-state index contributed by atoms with van der Waals surface area (Å²) in [7, 11) is 0. The fourth-order valence-electron chi connectivity index (χ4n) is 1.03. The Labute approximate surface area is 83.1 Å². The van der Waals surface area contributed by atoms with E-state index < -0.39 is 5.97 Å². The van der Waals surface area contributed by atoms with Gasteiger partial charge in [-0.3, -0.25) is 0 Å². The molecule has 0 heterocycles. The van der Waals surface area contributed by atoms with Gasteiger partial charge < -0.3 is 15.9 Å². The number of carbonyl (C=O) groups is 1. The van der Waals surface area contributed by atoms with Gasteiger partial charge in [-0.25, -0.2) is 4.79 Å². The van der Waals surface area contributed by atoms with Gasteiger partial charge in [0.25, 0.3) is 0 Å². The molecule has 0 saturated carbocycles. The van der Waals surface area contributed by atoms with Gasteiger partial charge in [-0.05, 0) is 12.1 Å². The van der Waals surface area contributed by atoms with Crippen LogP contribution in [0.25, 0.3) is 0 Å². The molecule has 0 aliphatic heterocycles. The van der Waals surface area contributed by atoms with Crippen molar-refractivity contribution >= 4 is 27.6 Å². The van der Waals surface area contributed by atoms with Crippen molar-refractivity contribution in [1.82, 2.24) is 0 Å². The van der Waals surface area contributed by atoms with Gasteiger partial charge in [0.1, 0.15) is 0 Å². The molecule has 4 N–H and O–H groups in total. The highest BCUT2D eigenvalue weighted by Crippen LogP contribution is 2.23. The predicted molar refractivity (Wildman–Crippen MR) is 51.4 cm³/mol. The predicted octanol–water partition coefficient (Wildman–Crippen LogP) is 1.22. The Bertz CT molecular complexity index is 351. The van der Waals surface area contributed by atoms with Crippen molar-refractivity contribution in [1.29, 1.82) is 0 Å². The zero-order valence-electron chi connectivity index (χ0n) is 6.62. The molecule has 0 aromatic heterocycles. The third-order valence-electron chi connectivity index (χ3n) is 1.64. The van der Waals surface area contributed by atoms with Gasteiger partial charge >= 0.3 is 5.97 Å². The van der Waals surface area contributed by atoms with Crippen molar-refractivity contribution in [3.8, 4) is 0 Å². The van der Waals surface area contributed by atoms with Gasteiger partial charge in [-0.15, -0.1) is 0 Å². The van der Waals surface area contributed by atoms with E-state index >= 15 is 0 Å². The number of rotatable bonds is 2. The molecular formula is C8H8BrNO3. The summed E-state index contributed by atoms with van der Waals surface area (Å²) in [6.45, 7) is -0.374. The van der Waals surface area contributed by atoms with E-state index in [1.165, 1.54) is 6.07 Å². The molecule has 0 fully saturated rings. The van der Waals surface area contributed by atoms with Gasteiger partial charge in [0.15, 0.2) is 0 Å². The normalized spacial score (nSPS) is 10.0. The van der Waals surface area contributed by atoms with Crippen LogP contribution in [0.2, 0.25) is 0 Å². The molecule has 13 heavy (non-hydrogen) atoms. The number of hydrogen-bond donors (Lipinski definition) is 3. The minimum atomic E-state index is -1.10. The lowest BCUT2D eigenvalue weighted by molar-refractivity contribution is 0.0693. The Morgan fingerprint density at radius 1 is 1.54 bits per heavy atom. The Hall–Kier alpha value is -1.07. The maximum Gasteiger partial charge on any atom is 0.336 e. The van der Waals surface area contributed by atoms with Crippen LogP contribution in [0.15, 0.2) is 16.6 Å². The quantitative estimate of drug-likeness (QED) is 0.685. The van der Waals surface area contributed by atoms with Gasteiger partial charge in [0.2, 0.25) is 0 Å². The van der Waals surface area contributed by atoms with E-state index in [1.807, 2.05) is 0 Å². The summed E-state index contributed by atoms with van der Waals surface area (Å²) in [5.41, 5.74) is 6.06. The van der Waals surface area contributed by atoms with Crippen molar-refractivity contribution < 1.29 is 15.0 Å². The molecule has 1 aromatic rings. The third-order valence-corrected chi connectivity index (χ3v) is 2.10. The summed E-state index contributed by atoms with van der Waals surface area (Å²) in [5, 5.41) is 17.6. The summed E-state index contributed by atoms with van der Waals surface area (Å²) in [6.07, 6.45) is 0. The van der Waals surface area contributed by atoms with E-state index in [0.29, 0.717) is 4.47 Å². The molecule has 4 nitrogen and oxygen atoms in total. The second-order valence-electron chi connectivity index (χ2n) is 2.48. The molecular weight excluding hydrogens is 238 g/mol. The molecule has 0 atom stereocenters. The van der Waals surface area contributed by atoms with Crippen molar-refractivity contribution in [3.63, 3.8) is 0 Å². The van der Waals surface area contributed by atoms with Crippen molar-refractivity contribution in [3.05, 3.63) is 27.7 Å². The smallest absolute Gasteiger partial charge is 0.336 e. The van der Waals surface area contributed by atoms with Crippen LogP contribution >= 0.6 is 15.9 Å². The molecule has 0 unspecified atom stereocenters. The van der Waals surface area contributed by atoms with E-state index in [-0.39, 0.29) is 23.4 Å². The molecule has 0 radical (unpaired) electrons. The first-order valence-corrected chi connectivity index (χ1v) is 4.27. The maximum absolute atomic E-state index is 10.7. The lowest BCUT2D eigenvalue weighted by atomic mass is 10.1. The van der Waals surface area contributed by atoms with Crippen LogP contribution in [0.3, 0.4) is 0 Å². The number of carboxylic acid groups (broad SMARTS) is 1. The number of carboxylic acids is 1. The van der Waals surface area contributed by atoms with E-state index in [0.717, 1.165) is 0 Å². The van der Waals surface area contributed by atoms with E-state index in [2.05, 4.69) is 15.9 Å². The number of aliphatic hydroxyl groups excluding tert-OH is 1. The van der Waals surface area contributed by atoms with Crippen molar-refractivity contribution in [2.75, 3.05) is 5.73 Å². The number of anilines is 1. The van der Waals surface area contributed by atoms with Crippen LogP contribution in [-0.4, -0.2) is 16.2 Å². The Morgan fingerprint density at radius 3 is 2.62 bits per heavy atom. The van der Waals surface area contributed by atoms with Crippen molar-refractivity contribution in [2.45, 2.75) is 6.61 Å². The SMILES string of the molecule is Nc1cc(Br)cc(C(=O)O)c1CO. The fraction of sp³-hybridized carbons (Fsp3) is 0.125. The Kier molecular flexibility index (Phi) is 2.90. The lowest BCUT2D eigenvalue weighted by Crippen LogP contribution is -2.06. The van der Waals surface area contributed by atoms with Crippen molar-refractivity contribution in [2.24, 2.45) is 0 Å². The number of nitrogens with two attached hydrogens (primary N) is 1. The van der Waals surface area contributed by atoms with Crippen LogP contribution < -0.4 is 5.73 Å². The first-order valence-electron chi connectivity index (χ1n) is 3.48. The minimum absolute atomic E-state index is 0.0226. The van der Waals surface area contributed by atoms with Crippen LogP contribution in [0.5, 0.6) is 0 Å². The third kappa shape index (κ3) is 1.99. The van der Waals surface area contributed by atoms with Crippen LogP contribution in [-0.2, 0) is 6.61 Å². The van der Waals surface area contributed by atoms with E-state index in [1.54, 1.807) is 6.07 Å². The molecule has 0 saturated heterocycles. The highest BCUT2D eigenvalue weighted by atomic mass is 79.9. The summed E-state index contributed by atoms with van der Waals surface area (Å²) >= 11 is 3.12. The maximum atomic E-state index is 10.7. The molecule has 5 heteroatoms. The monoisotopic (exact) mass is 245 g/mol. The first kappa shape index (κ1) is 10.0. The number of benzene rings is 1. The van der Waals surface area contributed by atoms with Gasteiger partial charge in [0, 0.05) is 15.7 Å². The molecule has 0 aliphatic rings. The van der Waals surface area contributed by atoms with E-state index in [9.17, 15) is 4.79 Å². The number of aromatic carboxylic acids is 1. The first-order chi connectivity index (χ1) is 6.06. The van der Waals surface area contributed by atoms with Gasteiger partial charge in [-0.2, -0.15) is 0 Å². The molecule has 0 spiro atoms. The standard InChI is InChI=1S/C8H8BrNO3/c9-4-1-5(8(12)13)6(3-11)7(10)2-4/h1-2,11H,3,10H2,(H,12,13). The summed E-state index contributed by atoms with van der Waals surface area (Å²) in [5.74, 6) is -1.10. The number of aliphatic hydroxyl groups is 1. The summed E-state index contributed by atoms with van der Waals surface area (Å²) < 4.78 is 0.583. The molecule has 0 amide bonds. The Balaban J connectivity index is 3.38.